The molecule has 33 heavy (non-hydrogen) atoms. The third-order valence-corrected chi connectivity index (χ3v) is 7.11. The van der Waals surface area contributed by atoms with Gasteiger partial charge in [0, 0.05) is 38.4 Å². The molecule has 0 unspecified atom stereocenters. The Bertz CT molecular complexity index is 1050. The van der Waals surface area contributed by atoms with Gasteiger partial charge in [-0.25, -0.2) is 14.8 Å². The number of likely N-dealkylation sites (N-methyl/N-ethyl adjacent to an activating group) is 1. The zero-order valence-corrected chi connectivity index (χ0v) is 19.3. The summed E-state index contributed by atoms with van der Waals surface area (Å²) in [7, 11) is 1.96. The van der Waals surface area contributed by atoms with Crippen LogP contribution in [0.4, 0.5) is 10.6 Å². The first-order valence-electron chi connectivity index (χ1n) is 11.6. The lowest BCUT2D eigenvalue weighted by Gasteiger charge is -2.42. The van der Waals surface area contributed by atoms with Gasteiger partial charge in [0.05, 0.1) is 17.5 Å². The number of hydrogen-bond donors (Lipinski definition) is 2. The number of hydrogen-bond acceptors (Lipinski definition) is 7. The van der Waals surface area contributed by atoms with Gasteiger partial charge < -0.3 is 20.9 Å². The molecular formula is C23H32N8O2. The number of nitriles is 1. The van der Waals surface area contributed by atoms with Crippen molar-refractivity contribution in [3.05, 3.63) is 18.6 Å². The zero-order valence-electron chi connectivity index (χ0n) is 19.3. The second-order valence-corrected chi connectivity index (χ2v) is 9.30. The quantitative estimate of drug-likeness (QED) is 0.723. The summed E-state index contributed by atoms with van der Waals surface area (Å²) < 4.78 is 1.54. The van der Waals surface area contributed by atoms with Gasteiger partial charge in [-0.1, -0.05) is 6.92 Å². The number of nitrogens with two attached hydrogens (primary N) is 1. The number of nitrogens with one attached hydrogen (secondary N) is 1. The van der Waals surface area contributed by atoms with E-state index in [0.717, 1.165) is 43.3 Å². The molecule has 10 heteroatoms. The fraction of sp³-hybridized carbons (Fsp3) is 0.609. The number of carbonyl (C=O) groups is 2. The van der Waals surface area contributed by atoms with Gasteiger partial charge in [0.2, 0.25) is 5.91 Å². The van der Waals surface area contributed by atoms with E-state index in [4.69, 9.17) is 11.0 Å². The van der Waals surface area contributed by atoms with Crippen molar-refractivity contribution in [2.75, 3.05) is 25.0 Å². The topological polar surface area (TPSA) is 133 Å². The molecule has 2 aliphatic rings. The van der Waals surface area contributed by atoms with Crippen molar-refractivity contribution in [3.63, 3.8) is 0 Å². The molecule has 1 aliphatic carbocycles. The van der Waals surface area contributed by atoms with Crippen LogP contribution in [0.2, 0.25) is 0 Å². The van der Waals surface area contributed by atoms with Crippen LogP contribution in [0.1, 0.15) is 45.4 Å². The highest BCUT2D eigenvalue weighted by atomic mass is 16.2. The van der Waals surface area contributed by atoms with Crippen molar-refractivity contribution >= 4 is 28.8 Å². The highest BCUT2D eigenvalue weighted by Crippen LogP contribution is 2.29. The van der Waals surface area contributed by atoms with E-state index in [0.29, 0.717) is 24.7 Å². The van der Waals surface area contributed by atoms with Crippen molar-refractivity contribution in [1.29, 1.82) is 5.26 Å². The lowest BCUT2D eigenvalue weighted by molar-refractivity contribution is -0.131. The van der Waals surface area contributed by atoms with Crippen molar-refractivity contribution in [1.82, 2.24) is 24.8 Å². The van der Waals surface area contributed by atoms with E-state index in [1.165, 1.54) is 10.9 Å². The van der Waals surface area contributed by atoms with Gasteiger partial charge in [-0.3, -0.25) is 9.36 Å². The number of amides is 2. The number of aromatic nitrogens is 3. The summed E-state index contributed by atoms with van der Waals surface area (Å²) in [5.74, 6) is 0.929. The van der Waals surface area contributed by atoms with Gasteiger partial charge in [-0.15, -0.1) is 0 Å². The van der Waals surface area contributed by atoms with E-state index in [1.54, 1.807) is 11.1 Å². The van der Waals surface area contributed by atoms with Crippen molar-refractivity contribution < 1.29 is 9.59 Å². The number of anilines is 1. The molecule has 0 aromatic carbocycles. The van der Waals surface area contributed by atoms with Gasteiger partial charge >= 0.3 is 6.03 Å². The van der Waals surface area contributed by atoms with Gasteiger partial charge in [-0.2, -0.15) is 5.26 Å². The zero-order chi connectivity index (χ0) is 23.5. The number of fused-ring (bicyclic) bond motifs is 1. The Morgan fingerprint density at radius 2 is 2.03 bits per heavy atom. The predicted molar refractivity (Wildman–Crippen MR) is 124 cm³/mol. The third kappa shape index (κ3) is 4.78. The highest BCUT2D eigenvalue weighted by molar-refractivity contribution is 5.95. The van der Waals surface area contributed by atoms with Crippen molar-refractivity contribution in [2.24, 2.45) is 11.7 Å². The molecule has 0 spiro atoms. The van der Waals surface area contributed by atoms with Crippen LogP contribution < -0.4 is 16.0 Å². The predicted octanol–water partition coefficient (Wildman–Crippen LogP) is 1.85. The van der Waals surface area contributed by atoms with Gasteiger partial charge in [0.1, 0.15) is 18.6 Å². The smallest absolute Gasteiger partial charge is 0.327 e. The molecule has 176 valence electrons. The maximum Gasteiger partial charge on any atom is 0.327 e. The minimum atomic E-state index is -0.197. The van der Waals surface area contributed by atoms with E-state index in [-0.39, 0.29) is 36.5 Å². The van der Waals surface area contributed by atoms with Crippen LogP contribution in [0.3, 0.4) is 0 Å². The average molecular weight is 453 g/mol. The molecule has 10 nitrogen and oxygen atoms in total. The maximum atomic E-state index is 13.0. The third-order valence-electron chi connectivity index (χ3n) is 7.11. The Balaban J connectivity index is 1.54. The molecule has 0 bridgehead atoms. The minimum Gasteiger partial charge on any atom is -0.354 e. The number of piperidine rings is 1. The Labute approximate surface area is 193 Å². The Morgan fingerprint density at radius 1 is 1.27 bits per heavy atom. The fourth-order valence-electron chi connectivity index (χ4n) is 5.01. The Kier molecular flexibility index (Phi) is 6.79. The summed E-state index contributed by atoms with van der Waals surface area (Å²) in [6.45, 7) is 3.36. The molecule has 2 aromatic rings. The number of likely N-dealkylation sites (tertiary alicyclic amines) is 1. The number of rotatable bonds is 4. The van der Waals surface area contributed by atoms with Crippen LogP contribution in [0.15, 0.2) is 18.6 Å². The van der Waals surface area contributed by atoms with Crippen LogP contribution in [-0.2, 0) is 4.79 Å². The van der Waals surface area contributed by atoms with E-state index < -0.39 is 0 Å². The molecule has 2 amide bonds. The minimum absolute atomic E-state index is 0.0446. The summed E-state index contributed by atoms with van der Waals surface area (Å²) in [6, 6.07) is 4.01. The summed E-state index contributed by atoms with van der Waals surface area (Å²) in [4.78, 5) is 38.0. The maximum absolute atomic E-state index is 13.0. The summed E-state index contributed by atoms with van der Waals surface area (Å²) in [5, 5.41) is 12.8. The molecular weight excluding hydrogens is 420 g/mol. The summed E-state index contributed by atoms with van der Waals surface area (Å²) >= 11 is 0. The number of carbonyl (C=O) groups excluding carboxylic acids is 2. The molecule has 2 atom stereocenters. The van der Waals surface area contributed by atoms with Crippen LogP contribution in [0, 0.1) is 17.2 Å². The molecule has 3 heterocycles. The molecule has 1 aliphatic heterocycles. The molecule has 1 saturated carbocycles. The van der Waals surface area contributed by atoms with Crippen LogP contribution in [-0.4, -0.2) is 69.6 Å². The van der Waals surface area contributed by atoms with E-state index in [9.17, 15) is 9.59 Å². The molecule has 4 rings (SSSR count). The second kappa shape index (κ2) is 9.75. The largest absolute Gasteiger partial charge is 0.354 e. The first kappa shape index (κ1) is 23.0. The van der Waals surface area contributed by atoms with E-state index >= 15 is 0 Å². The van der Waals surface area contributed by atoms with Gasteiger partial charge in [0.25, 0.3) is 0 Å². The van der Waals surface area contributed by atoms with Crippen LogP contribution in [0.5, 0.6) is 0 Å². The van der Waals surface area contributed by atoms with Crippen LogP contribution in [0.25, 0.3) is 11.0 Å². The first-order chi connectivity index (χ1) is 15.9. The standard InChI is InChI=1S/C23H32N8O2/c1-15-8-11-30(20(32)7-10-24)13-19(15)29(2)21-18-9-12-31(22(18)27-14-26-21)23(33)28-17-5-3-16(25)4-6-17/h9,12,14-17,19H,3-8,11,13,25H2,1-2H3,(H,28,33)/t15-,16?,17?,19+/m1/s1. The Hall–Kier alpha value is -3.19. The molecule has 1 saturated heterocycles. The lowest BCUT2D eigenvalue weighted by atomic mass is 9.92. The van der Waals surface area contributed by atoms with E-state index in [2.05, 4.69) is 27.1 Å². The molecule has 0 radical (unpaired) electrons. The van der Waals surface area contributed by atoms with Crippen LogP contribution >= 0.6 is 0 Å². The molecule has 2 fully saturated rings. The van der Waals surface area contributed by atoms with Crippen molar-refractivity contribution in [2.45, 2.75) is 63.6 Å². The van der Waals surface area contributed by atoms with Crippen molar-refractivity contribution in [3.8, 4) is 6.07 Å². The lowest BCUT2D eigenvalue weighted by Crippen LogP contribution is -2.52. The van der Waals surface area contributed by atoms with E-state index in [1.807, 2.05) is 19.2 Å². The van der Waals surface area contributed by atoms with Gasteiger partial charge in [-0.05, 0) is 44.1 Å². The molecule has 3 N–H and O–H groups in total. The number of nitrogens with zero attached hydrogens (tertiary/aromatic N) is 6. The first-order valence-corrected chi connectivity index (χ1v) is 11.6. The molecule has 2 aromatic heterocycles. The van der Waals surface area contributed by atoms with Gasteiger partial charge in [0.15, 0.2) is 5.65 Å². The highest BCUT2D eigenvalue weighted by Gasteiger charge is 2.33. The fourth-order valence-corrected chi connectivity index (χ4v) is 5.01. The second-order valence-electron chi connectivity index (χ2n) is 9.30. The Morgan fingerprint density at radius 3 is 2.76 bits per heavy atom. The summed E-state index contributed by atoms with van der Waals surface area (Å²) in [5.41, 5.74) is 6.53. The summed E-state index contributed by atoms with van der Waals surface area (Å²) in [6.07, 6.45) is 7.56. The average Bonchev–Trinajstić information content (AvgIpc) is 3.25. The monoisotopic (exact) mass is 452 g/mol. The normalized spacial score (nSPS) is 25.5. The SMILES string of the molecule is C[C@@H]1CCN(C(=O)CC#N)C[C@@H]1N(C)c1ncnc2c1ccn2C(=O)NC1CCC(N)CC1.